The molecule has 0 radical (unpaired) electrons. The quantitative estimate of drug-likeness (QED) is 0.308. The molecule has 0 spiro atoms. The van der Waals surface area contributed by atoms with Crippen LogP contribution in [0.5, 0.6) is 0 Å². The summed E-state index contributed by atoms with van der Waals surface area (Å²) < 4.78 is 40.7. The summed E-state index contributed by atoms with van der Waals surface area (Å²) in [6, 6.07) is 4.94. The van der Waals surface area contributed by atoms with E-state index in [0.717, 1.165) is 29.9 Å². The monoisotopic (exact) mass is 502 g/mol. The summed E-state index contributed by atoms with van der Waals surface area (Å²) >= 11 is 0. The van der Waals surface area contributed by atoms with Crippen molar-refractivity contribution in [1.29, 1.82) is 0 Å². The molecule has 0 aliphatic carbocycles. The third-order valence-electron chi connectivity index (χ3n) is 5.32. The Morgan fingerprint density at radius 2 is 1.94 bits per heavy atom. The number of hydrogen-bond donors (Lipinski definition) is 4. The van der Waals surface area contributed by atoms with Crippen LogP contribution in [0.1, 0.15) is 6.04 Å². The molecule has 5 rings (SSSR count). The van der Waals surface area contributed by atoms with E-state index in [2.05, 4.69) is 25.7 Å². The first-order chi connectivity index (χ1) is 17.3. The molecule has 1 aliphatic heterocycles. The fourth-order valence-electron chi connectivity index (χ4n) is 3.53. The Kier molecular flexibility index (Phi) is 7.15. The number of halogens is 3. The maximum Gasteiger partial charge on any atom is 0.405 e. The van der Waals surface area contributed by atoms with Gasteiger partial charge in [-0.1, -0.05) is 0 Å². The van der Waals surface area contributed by atoms with E-state index in [0.29, 0.717) is 17.3 Å². The highest BCUT2D eigenvalue weighted by atomic mass is 19.4. The summed E-state index contributed by atoms with van der Waals surface area (Å²) in [6.07, 6.45) is 5.86. The number of pyridine rings is 2. The van der Waals surface area contributed by atoms with Crippen LogP contribution in [0.2, 0.25) is 0 Å². The molecule has 0 atom stereocenters. The molecule has 0 bridgehead atoms. The fraction of sp³-hybridized carbons (Fsp3) is 0.227. The lowest BCUT2D eigenvalue weighted by molar-refractivity contribution is -0.123. The molecular weight excluding hydrogens is 481 g/mol. The van der Waals surface area contributed by atoms with Crippen molar-refractivity contribution in [2.45, 2.75) is 12.2 Å². The Balaban J connectivity index is 0.000000967. The largest absolute Gasteiger partial charge is 0.483 e. The zero-order valence-corrected chi connectivity index (χ0v) is 18.6. The van der Waals surface area contributed by atoms with E-state index in [1.54, 1.807) is 23.8 Å². The van der Waals surface area contributed by atoms with Crippen LogP contribution in [-0.4, -0.2) is 67.6 Å². The molecule has 0 aromatic carbocycles. The highest BCUT2D eigenvalue weighted by molar-refractivity contribution is 5.89. The van der Waals surface area contributed by atoms with Gasteiger partial charge in [0.2, 0.25) is 0 Å². The lowest BCUT2D eigenvalue weighted by Crippen LogP contribution is -2.43. The molecule has 0 unspecified atom stereocenters. The van der Waals surface area contributed by atoms with Crippen molar-refractivity contribution >= 4 is 23.8 Å². The minimum atomic E-state index is -4.49. The average molecular weight is 502 g/mol. The molecule has 188 valence electrons. The minimum Gasteiger partial charge on any atom is -0.483 e. The maximum atomic E-state index is 12.3. The molecule has 4 aromatic heterocycles. The summed E-state index contributed by atoms with van der Waals surface area (Å²) in [6.45, 7) is 0.156. The normalized spacial score (nSPS) is 13.4. The summed E-state index contributed by atoms with van der Waals surface area (Å²) in [5.74, 6) is 0. The third kappa shape index (κ3) is 5.78. The van der Waals surface area contributed by atoms with Crippen LogP contribution in [0.15, 0.2) is 55.4 Å². The van der Waals surface area contributed by atoms with Crippen LogP contribution in [0.25, 0.3) is 28.0 Å². The minimum absolute atomic E-state index is 0.250. The Labute approximate surface area is 202 Å². The van der Waals surface area contributed by atoms with E-state index in [1.807, 2.05) is 39.8 Å². The number of fused-ring (bicyclic) bond motifs is 1. The smallest absolute Gasteiger partial charge is 0.405 e. The number of anilines is 1. The van der Waals surface area contributed by atoms with Gasteiger partial charge in [0.25, 0.3) is 6.47 Å². The SMILES string of the molecule is O=C(NCC(F)(F)F)Nc1cncc(-c2cnc3cc(-c4cnn(C5CNC5)c4)ccn23)c1.O=CO. The van der Waals surface area contributed by atoms with Crippen molar-refractivity contribution in [3.8, 4) is 22.4 Å². The van der Waals surface area contributed by atoms with Gasteiger partial charge < -0.3 is 21.1 Å². The number of carboxylic acid groups (broad SMARTS) is 1. The summed E-state index contributed by atoms with van der Waals surface area (Å²) in [5.41, 5.74) is 4.31. The van der Waals surface area contributed by atoms with Gasteiger partial charge in [0.05, 0.1) is 36.0 Å². The van der Waals surface area contributed by atoms with Gasteiger partial charge in [-0.25, -0.2) is 9.78 Å². The molecule has 4 aromatic rings. The van der Waals surface area contributed by atoms with Crippen LogP contribution in [0, 0.1) is 0 Å². The molecule has 1 aliphatic rings. The molecule has 0 saturated carbocycles. The van der Waals surface area contributed by atoms with Gasteiger partial charge in [-0.15, -0.1) is 0 Å². The topological polar surface area (TPSA) is 138 Å². The van der Waals surface area contributed by atoms with E-state index in [9.17, 15) is 18.0 Å². The zero-order valence-electron chi connectivity index (χ0n) is 18.6. The molecule has 2 amide bonds. The molecule has 1 fully saturated rings. The van der Waals surface area contributed by atoms with Gasteiger partial charge in [-0.3, -0.25) is 18.9 Å². The Bertz CT molecular complexity index is 1360. The predicted octanol–water partition coefficient (Wildman–Crippen LogP) is 2.79. The van der Waals surface area contributed by atoms with E-state index in [1.165, 1.54) is 6.20 Å². The van der Waals surface area contributed by atoms with Crippen molar-refractivity contribution in [1.82, 2.24) is 34.8 Å². The van der Waals surface area contributed by atoms with Gasteiger partial charge in [0.15, 0.2) is 0 Å². The summed E-state index contributed by atoms with van der Waals surface area (Å²) in [4.78, 5) is 28.6. The molecule has 14 heteroatoms. The fourth-order valence-corrected chi connectivity index (χ4v) is 3.53. The number of urea groups is 1. The molecular formula is C22H21F3N8O3. The number of aromatic nitrogens is 5. The molecule has 5 heterocycles. The van der Waals surface area contributed by atoms with Crippen LogP contribution in [-0.2, 0) is 4.79 Å². The lowest BCUT2D eigenvalue weighted by Gasteiger charge is -2.27. The number of carbonyl (C=O) groups excluding carboxylic acids is 1. The molecule has 4 N–H and O–H groups in total. The molecule has 11 nitrogen and oxygen atoms in total. The number of rotatable bonds is 5. The number of carbonyl (C=O) groups is 2. The summed E-state index contributed by atoms with van der Waals surface area (Å²) in [5, 5.41) is 18.7. The van der Waals surface area contributed by atoms with Crippen LogP contribution in [0.3, 0.4) is 0 Å². The van der Waals surface area contributed by atoms with Crippen molar-refractivity contribution in [3.63, 3.8) is 0 Å². The standard InChI is InChI=1S/C21H19F3N8O.CH2O2/c22-21(23,24)12-28-20(33)30-16-3-14(5-25-7-16)18-10-27-19-4-13(1-2-31(18)19)15-6-29-32(11-15)17-8-26-9-17;2-1-3/h1-7,10-11,17,26H,8-9,12H2,(H2,28,30,33);1H,(H,2,3). The van der Waals surface area contributed by atoms with Crippen molar-refractivity contribution in [2.24, 2.45) is 0 Å². The van der Waals surface area contributed by atoms with Gasteiger partial charge in [0, 0.05) is 42.8 Å². The Morgan fingerprint density at radius 3 is 2.64 bits per heavy atom. The van der Waals surface area contributed by atoms with Crippen molar-refractivity contribution in [3.05, 3.63) is 55.4 Å². The van der Waals surface area contributed by atoms with Gasteiger partial charge in [0.1, 0.15) is 12.2 Å². The van der Waals surface area contributed by atoms with Crippen LogP contribution >= 0.6 is 0 Å². The number of nitrogens with zero attached hydrogens (tertiary/aromatic N) is 5. The van der Waals surface area contributed by atoms with Gasteiger partial charge in [-0.2, -0.15) is 18.3 Å². The number of hydrogen-bond acceptors (Lipinski definition) is 6. The Hall–Kier alpha value is -4.46. The predicted molar refractivity (Wildman–Crippen MR) is 123 cm³/mol. The maximum absolute atomic E-state index is 12.3. The highest BCUT2D eigenvalue weighted by Gasteiger charge is 2.27. The first kappa shape index (κ1) is 24.7. The van der Waals surface area contributed by atoms with Crippen molar-refractivity contribution < 1.29 is 27.9 Å². The van der Waals surface area contributed by atoms with Crippen LogP contribution < -0.4 is 16.0 Å². The van der Waals surface area contributed by atoms with Crippen LogP contribution in [0.4, 0.5) is 23.7 Å². The van der Waals surface area contributed by atoms with E-state index < -0.39 is 18.8 Å². The highest BCUT2D eigenvalue weighted by Crippen LogP contribution is 2.27. The van der Waals surface area contributed by atoms with Crippen molar-refractivity contribution in [2.75, 3.05) is 25.0 Å². The number of nitrogens with one attached hydrogen (secondary N) is 3. The van der Waals surface area contributed by atoms with E-state index in [-0.39, 0.29) is 12.2 Å². The third-order valence-corrected chi connectivity index (χ3v) is 5.32. The van der Waals surface area contributed by atoms with E-state index >= 15 is 0 Å². The van der Waals surface area contributed by atoms with Gasteiger partial charge >= 0.3 is 12.2 Å². The second-order valence-electron chi connectivity index (χ2n) is 7.80. The number of imidazole rings is 1. The Morgan fingerprint density at radius 1 is 1.17 bits per heavy atom. The number of alkyl halides is 3. The first-order valence-corrected chi connectivity index (χ1v) is 10.6. The van der Waals surface area contributed by atoms with Gasteiger partial charge in [-0.05, 0) is 23.8 Å². The zero-order chi connectivity index (χ0) is 25.7. The second-order valence-corrected chi connectivity index (χ2v) is 7.80. The average Bonchev–Trinajstić information content (AvgIpc) is 3.44. The molecule has 1 saturated heterocycles. The second kappa shape index (κ2) is 10.4. The number of amides is 2. The lowest BCUT2D eigenvalue weighted by atomic mass is 10.1. The summed E-state index contributed by atoms with van der Waals surface area (Å²) in [7, 11) is 0. The molecule has 36 heavy (non-hydrogen) atoms. The first-order valence-electron chi connectivity index (χ1n) is 10.6. The van der Waals surface area contributed by atoms with E-state index in [4.69, 9.17) is 9.90 Å².